The molecular weight excluding hydrogens is 478 g/mol. The van der Waals surface area contributed by atoms with Crippen LogP contribution in [0.5, 0.6) is 0 Å². The minimum atomic E-state index is -0.522. The third kappa shape index (κ3) is 5.61. The minimum absolute atomic E-state index is 0.133. The predicted molar refractivity (Wildman–Crippen MR) is 135 cm³/mol. The number of H-pyrrole nitrogens is 1. The summed E-state index contributed by atoms with van der Waals surface area (Å²) < 4.78 is 20.1. The van der Waals surface area contributed by atoms with E-state index in [0.29, 0.717) is 43.4 Å². The fourth-order valence-corrected chi connectivity index (χ4v) is 5.18. The first-order valence-electron chi connectivity index (χ1n) is 13.1. The lowest BCUT2D eigenvalue weighted by Crippen LogP contribution is -2.43. The second kappa shape index (κ2) is 10.6. The highest BCUT2D eigenvalue weighted by Gasteiger charge is 2.47. The number of carbonyl (C=O) groups excluding carboxylic acids is 2. The zero-order chi connectivity index (χ0) is 27.1. The second-order valence-electron chi connectivity index (χ2n) is 11.2. The Balaban J connectivity index is 1.42. The number of hydrogen-bond acceptors (Lipinski definition) is 7. The highest BCUT2D eigenvalue weighted by atomic mass is 16.6. The molecule has 0 aromatic carbocycles. The lowest BCUT2D eigenvalue weighted by atomic mass is 9.82. The molecule has 6 atom stereocenters. The average Bonchev–Trinajstić information content (AvgIpc) is 3.39. The number of nitrogens with zero attached hydrogens (tertiary/aromatic N) is 2. The molecule has 0 radical (unpaired) electrons. The molecule has 10 heteroatoms. The largest absolute Gasteiger partial charge is 0.373 e. The Kier molecular flexibility index (Phi) is 7.83. The lowest BCUT2D eigenvalue weighted by Gasteiger charge is -2.27. The first-order valence-corrected chi connectivity index (χ1v) is 13.1. The van der Waals surface area contributed by atoms with Crippen LogP contribution in [-0.2, 0) is 30.2 Å². The molecule has 4 rings (SSSR count). The highest BCUT2D eigenvalue weighted by molar-refractivity contribution is 6.19. The normalized spacial score (nSPS) is 30.5. The Morgan fingerprint density at radius 2 is 1.78 bits per heavy atom. The molecule has 3 aliphatic rings. The molecular formula is C27H38N3O7+. The number of ether oxygens (including phenoxy) is 3. The van der Waals surface area contributed by atoms with Crippen LogP contribution in [-0.4, -0.2) is 57.3 Å². The monoisotopic (exact) mass is 516 g/mol. The summed E-state index contributed by atoms with van der Waals surface area (Å²) in [6, 6.07) is 0. The number of carbonyl (C=O) groups is 2. The molecule has 6 unspecified atom stereocenters. The maximum absolute atomic E-state index is 12.7. The van der Waals surface area contributed by atoms with Gasteiger partial charge >= 0.3 is 17.4 Å². The molecule has 1 aromatic heterocycles. The number of hydrogen-bond donors (Lipinski definition) is 1. The van der Waals surface area contributed by atoms with Gasteiger partial charge in [0, 0.05) is 18.2 Å². The molecule has 2 saturated heterocycles. The van der Waals surface area contributed by atoms with Crippen LogP contribution in [0.15, 0.2) is 27.6 Å². The van der Waals surface area contributed by atoms with E-state index in [1.807, 2.05) is 34.6 Å². The van der Waals surface area contributed by atoms with Crippen LogP contribution in [0.2, 0.25) is 0 Å². The summed E-state index contributed by atoms with van der Waals surface area (Å²) >= 11 is 0. The Labute approximate surface area is 217 Å². The summed E-state index contributed by atoms with van der Waals surface area (Å²) in [4.78, 5) is 53.3. The molecule has 0 saturated carbocycles. The van der Waals surface area contributed by atoms with E-state index in [9.17, 15) is 19.2 Å². The van der Waals surface area contributed by atoms with Crippen LogP contribution in [0.3, 0.4) is 0 Å². The van der Waals surface area contributed by atoms with Crippen LogP contribution in [0.4, 0.5) is 0 Å². The Bertz CT molecular complexity index is 1180. The van der Waals surface area contributed by atoms with Crippen molar-refractivity contribution in [2.75, 3.05) is 6.61 Å². The van der Waals surface area contributed by atoms with Crippen molar-refractivity contribution in [2.45, 2.75) is 98.0 Å². The van der Waals surface area contributed by atoms with E-state index in [0.717, 1.165) is 6.42 Å². The van der Waals surface area contributed by atoms with E-state index in [-0.39, 0.29) is 41.5 Å². The van der Waals surface area contributed by atoms with Crippen molar-refractivity contribution in [2.24, 2.45) is 11.3 Å². The summed E-state index contributed by atoms with van der Waals surface area (Å²) in [7, 11) is 0. The van der Waals surface area contributed by atoms with Crippen molar-refractivity contribution in [1.29, 1.82) is 0 Å². The third-order valence-corrected chi connectivity index (χ3v) is 7.49. The molecule has 1 aromatic rings. The van der Waals surface area contributed by atoms with Crippen molar-refractivity contribution < 1.29 is 23.8 Å². The second-order valence-corrected chi connectivity index (χ2v) is 11.2. The van der Waals surface area contributed by atoms with Gasteiger partial charge in [-0.1, -0.05) is 20.8 Å². The van der Waals surface area contributed by atoms with Crippen molar-refractivity contribution in [3.8, 4) is 0 Å². The quantitative estimate of drug-likeness (QED) is 0.553. The number of Topliss-reactive ketones (excluding diaryl/α,β-unsaturated/α-hetero) is 1. The topological polar surface area (TPSA) is 120 Å². The van der Waals surface area contributed by atoms with E-state index in [1.165, 1.54) is 9.47 Å². The summed E-state index contributed by atoms with van der Waals surface area (Å²) in [5.74, 6) is -0.512. The molecule has 4 heterocycles. The van der Waals surface area contributed by atoms with Gasteiger partial charge < -0.3 is 14.2 Å². The first-order chi connectivity index (χ1) is 17.4. The highest BCUT2D eigenvalue weighted by Crippen LogP contribution is 2.36. The standard InChI is InChI=1S/C27H37N3O7/c1-7-16-12-30(26(34)28-25(16)33)23-9-15(3)21(37-23)14-35-20-11-24(36-19(20)8-2)29-13-17(27(4,5)6)18(31)10-22(29)32/h10,12-13,15,19-21,23-24H,7-9,11,14H2,1-6H3/p+1. The fourth-order valence-electron chi connectivity index (χ4n) is 5.18. The number of aryl methyl sites for hydroxylation is 1. The lowest BCUT2D eigenvalue weighted by molar-refractivity contribution is -0.139. The van der Waals surface area contributed by atoms with Crippen LogP contribution >= 0.6 is 0 Å². The molecule has 3 aliphatic heterocycles. The number of rotatable bonds is 7. The Morgan fingerprint density at radius 3 is 2.43 bits per heavy atom. The van der Waals surface area contributed by atoms with E-state index in [2.05, 4.69) is 11.9 Å². The predicted octanol–water partition coefficient (Wildman–Crippen LogP) is 2.48. The van der Waals surface area contributed by atoms with Crippen molar-refractivity contribution in [1.82, 2.24) is 14.5 Å². The van der Waals surface area contributed by atoms with E-state index in [1.54, 1.807) is 12.4 Å². The zero-order valence-corrected chi connectivity index (χ0v) is 22.5. The summed E-state index contributed by atoms with van der Waals surface area (Å²) in [5, 5.41) is 0. The molecule has 1 amide bonds. The summed E-state index contributed by atoms with van der Waals surface area (Å²) in [6.07, 6.45) is 4.98. The zero-order valence-electron chi connectivity index (χ0n) is 22.5. The van der Waals surface area contributed by atoms with Crippen LogP contribution in [0, 0.1) is 17.8 Å². The SMILES string of the molecule is CCc1cn(C2CC(C)C(COC3CC(N4C=C(C(C)(C)C)C(=O)[CH+]C4=O)OC3CC)O2)c(=O)[nH]c1=O. The molecule has 1 N–H and O–H groups in total. The average molecular weight is 517 g/mol. The van der Waals surface area contributed by atoms with Crippen LogP contribution in [0.1, 0.15) is 72.6 Å². The fraction of sp³-hybridized carbons (Fsp3) is 0.667. The van der Waals surface area contributed by atoms with Crippen LogP contribution < -0.4 is 11.2 Å². The number of aromatic amines is 1. The number of ketones is 1. The first kappa shape index (κ1) is 27.3. The van der Waals surface area contributed by atoms with Gasteiger partial charge in [-0.25, -0.2) is 14.4 Å². The van der Waals surface area contributed by atoms with Crippen molar-refractivity contribution in [3.63, 3.8) is 0 Å². The van der Waals surface area contributed by atoms with Gasteiger partial charge in [-0.3, -0.25) is 19.2 Å². The van der Waals surface area contributed by atoms with Crippen LogP contribution in [0.25, 0.3) is 0 Å². The molecule has 0 aliphatic carbocycles. The van der Waals surface area contributed by atoms with Gasteiger partial charge in [0.05, 0.1) is 30.3 Å². The number of allylic oxidation sites excluding steroid dienone is 1. The van der Waals surface area contributed by atoms with Gasteiger partial charge in [-0.2, -0.15) is 0 Å². The van der Waals surface area contributed by atoms with E-state index in [4.69, 9.17) is 14.2 Å². The molecule has 0 bridgehead atoms. The van der Waals surface area contributed by atoms with Gasteiger partial charge in [-0.05, 0) is 46.0 Å². The smallest absolute Gasteiger partial charge is 0.344 e. The molecule has 2 fully saturated rings. The third-order valence-electron chi connectivity index (χ3n) is 7.49. The number of amides is 1. The van der Waals surface area contributed by atoms with Gasteiger partial charge in [0.15, 0.2) is 12.0 Å². The Hall–Kier alpha value is -2.69. The van der Waals surface area contributed by atoms with E-state index >= 15 is 0 Å². The van der Waals surface area contributed by atoms with Gasteiger partial charge in [0.2, 0.25) is 0 Å². The molecule has 10 nitrogen and oxygen atoms in total. The molecule has 0 spiro atoms. The maximum Gasteiger partial charge on any atom is 0.344 e. The van der Waals surface area contributed by atoms with Gasteiger partial charge in [-0.15, -0.1) is 0 Å². The van der Waals surface area contributed by atoms with Gasteiger partial charge in [0.25, 0.3) is 5.56 Å². The molecule has 37 heavy (non-hydrogen) atoms. The summed E-state index contributed by atoms with van der Waals surface area (Å²) in [5.41, 5.74) is -0.150. The van der Waals surface area contributed by atoms with Gasteiger partial charge in [0.1, 0.15) is 18.7 Å². The summed E-state index contributed by atoms with van der Waals surface area (Å²) in [6.45, 7) is 12.1. The maximum atomic E-state index is 12.7. The van der Waals surface area contributed by atoms with Crippen molar-refractivity contribution >= 4 is 11.7 Å². The molecule has 202 valence electrons. The Morgan fingerprint density at radius 1 is 1.08 bits per heavy atom. The minimum Gasteiger partial charge on any atom is -0.373 e. The van der Waals surface area contributed by atoms with E-state index < -0.39 is 23.6 Å². The number of aromatic nitrogens is 2. The number of nitrogens with one attached hydrogen (secondary N) is 1. The van der Waals surface area contributed by atoms with Crippen molar-refractivity contribution in [3.05, 3.63) is 50.8 Å².